The predicted molar refractivity (Wildman–Crippen MR) is 107 cm³/mol. The van der Waals surface area contributed by atoms with E-state index in [0.29, 0.717) is 41.7 Å². The van der Waals surface area contributed by atoms with Crippen LogP contribution in [0.5, 0.6) is 0 Å². The first-order chi connectivity index (χ1) is 13.6. The van der Waals surface area contributed by atoms with Crippen molar-refractivity contribution in [1.29, 1.82) is 0 Å². The van der Waals surface area contributed by atoms with Gasteiger partial charge >= 0.3 is 0 Å². The molecular formula is C22H21ClFN3O. The van der Waals surface area contributed by atoms with Gasteiger partial charge in [-0.3, -0.25) is 4.79 Å². The molecule has 1 saturated carbocycles. The van der Waals surface area contributed by atoms with Crippen LogP contribution in [0.2, 0.25) is 5.02 Å². The van der Waals surface area contributed by atoms with Crippen molar-refractivity contribution in [3.8, 4) is 0 Å². The topological polar surface area (TPSA) is 38.1 Å². The average Bonchev–Trinajstić information content (AvgIpc) is 3.41. The summed E-state index contributed by atoms with van der Waals surface area (Å²) in [5.74, 6) is 1.01. The summed E-state index contributed by atoms with van der Waals surface area (Å²) in [5, 5.41) is 0.603. The van der Waals surface area contributed by atoms with E-state index in [4.69, 9.17) is 11.6 Å². The largest absolute Gasteiger partial charge is 0.331 e. The van der Waals surface area contributed by atoms with Crippen LogP contribution >= 0.6 is 11.6 Å². The molecule has 1 fully saturated rings. The number of benzene rings is 2. The minimum absolute atomic E-state index is 0.0380. The molecule has 0 saturated heterocycles. The van der Waals surface area contributed by atoms with Crippen molar-refractivity contribution in [2.45, 2.75) is 25.9 Å². The van der Waals surface area contributed by atoms with Crippen LogP contribution in [0.4, 0.5) is 4.39 Å². The van der Waals surface area contributed by atoms with Crippen LogP contribution in [0.15, 0.2) is 60.9 Å². The zero-order valence-corrected chi connectivity index (χ0v) is 16.1. The molecule has 0 spiro atoms. The Hall–Kier alpha value is -2.66. The van der Waals surface area contributed by atoms with Crippen LogP contribution < -0.4 is 0 Å². The Morgan fingerprint density at radius 1 is 1.18 bits per heavy atom. The Balaban J connectivity index is 1.54. The van der Waals surface area contributed by atoms with Gasteiger partial charge in [-0.15, -0.1) is 0 Å². The number of imidazole rings is 1. The molecule has 1 aliphatic rings. The Kier molecular flexibility index (Phi) is 5.44. The van der Waals surface area contributed by atoms with E-state index in [1.807, 2.05) is 21.7 Å². The maximum Gasteiger partial charge on any atom is 0.254 e. The van der Waals surface area contributed by atoms with Crippen molar-refractivity contribution in [2.24, 2.45) is 5.92 Å². The molecule has 0 atom stereocenters. The van der Waals surface area contributed by atoms with Gasteiger partial charge in [0.15, 0.2) is 0 Å². The highest BCUT2D eigenvalue weighted by atomic mass is 35.5. The van der Waals surface area contributed by atoms with Crippen LogP contribution in [0, 0.1) is 11.7 Å². The van der Waals surface area contributed by atoms with E-state index < -0.39 is 0 Å². The van der Waals surface area contributed by atoms with Crippen molar-refractivity contribution in [2.75, 3.05) is 6.54 Å². The third-order valence-corrected chi connectivity index (χ3v) is 5.24. The Morgan fingerprint density at radius 3 is 2.64 bits per heavy atom. The van der Waals surface area contributed by atoms with Gasteiger partial charge in [-0.05, 0) is 49.1 Å². The molecule has 0 radical (unpaired) electrons. The Bertz CT molecular complexity index is 966. The molecule has 1 aliphatic carbocycles. The highest BCUT2D eigenvalue weighted by molar-refractivity contribution is 6.30. The lowest BCUT2D eigenvalue weighted by atomic mass is 10.2. The summed E-state index contributed by atoms with van der Waals surface area (Å²) >= 11 is 5.95. The minimum atomic E-state index is -0.241. The van der Waals surface area contributed by atoms with E-state index in [1.165, 1.54) is 6.07 Å². The molecular weight excluding hydrogens is 377 g/mol. The normalized spacial score (nSPS) is 13.5. The molecule has 0 unspecified atom stereocenters. The minimum Gasteiger partial charge on any atom is -0.331 e. The number of aromatic nitrogens is 2. The third-order valence-electron chi connectivity index (χ3n) is 4.99. The van der Waals surface area contributed by atoms with E-state index in [1.54, 1.807) is 42.6 Å². The Labute approximate surface area is 168 Å². The quantitative estimate of drug-likeness (QED) is 0.575. The Morgan fingerprint density at radius 2 is 1.93 bits per heavy atom. The van der Waals surface area contributed by atoms with Crippen LogP contribution in [0.3, 0.4) is 0 Å². The summed E-state index contributed by atoms with van der Waals surface area (Å²) in [7, 11) is 0. The second kappa shape index (κ2) is 8.15. The number of amides is 1. The maximum absolute atomic E-state index is 14.0. The second-order valence-corrected chi connectivity index (χ2v) is 7.64. The van der Waals surface area contributed by atoms with Crippen molar-refractivity contribution < 1.29 is 9.18 Å². The van der Waals surface area contributed by atoms with Gasteiger partial charge in [0, 0.05) is 35.1 Å². The number of rotatable bonds is 7. The number of hydrogen-bond donors (Lipinski definition) is 0. The van der Waals surface area contributed by atoms with E-state index in [9.17, 15) is 9.18 Å². The monoisotopic (exact) mass is 397 g/mol. The first-order valence-corrected chi connectivity index (χ1v) is 9.76. The highest BCUT2D eigenvalue weighted by Gasteiger charge is 2.28. The SMILES string of the molecule is O=C(c1ccc(Cl)cc1)N(Cc1nccn1Cc1ccccc1F)CC1CC1. The molecule has 28 heavy (non-hydrogen) atoms. The summed E-state index contributed by atoms with van der Waals surface area (Å²) in [6, 6.07) is 13.7. The van der Waals surface area contributed by atoms with Crippen molar-refractivity contribution in [1.82, 2.24) is 14.5 Å². The van der Waals surface area contributed by atoms with Crippen molar-refractivity contribution in [3.05, 3.63) is 88.7 Å². The molecule has 3 aromatic rings. The molecule has 4 rings (SSSR count). The van der Waals surface area contributed by atoms with Gasteiger partial charge in [-0.25, -0.2) is 9.37 Å². The molecule has 1 heterocycles. The summed E-state index contributed by atoms with van der Waals surface area (Å²) in [5.41, 5.74) is 1.21. The maximum atomic E-state index is 14.0. The molecule has 1 amide bonds. The molecule has 0 N–H and O–H groups in total. The lowest BCUT2D eigenvalue weighted by molar-refractivity contribution is 0.0728. The fourth-order valence-corrected chi connectivity index (χ4v) is 3.35. The number of carbonyl (C=O) groups excluding carboxylic acids is 1. The molecule has 1 aromatic heterocycles. The first-order valence-electron chi connectivity index (χ1n) is 9.38. The third kappa shape index (κ3) is 4.42. The van der Waals surface area contributed by atoms with Crippen molar-refractivity contribution in [3.63, 3.8) is 0 Å². The summed E-state index contributed by atoms with van der Waals surface area (Å²) in [6.45, 7) is 1.47. The number of hydrogen-bond acceptors (Lipinski definition) is 2. The van der Waals surface area contributed by atoms with E-state index in [-0.39, 0.29) is 11.7 Å². The van der Waals surface area contributed by atoms with Crippen LogP contribution in [0.1, 0.15) is 34.6 Å². The second-order valence-electron chi connectivity index (χ2n) is 7.20. The number of nitrogens with zero attached hydrogens (tertiary/aromatic N) is 3. The van der Waals surface area contributed by atoms with Crippen LogP contribution in [-0.2, 0) is 13.1 Å². The fourth-order valence-electron chi connectivity index (χ4n) is 3.22. The molecule has 0 bridgehead atoms. The number of carbonyl (C=O) groups is 1. The van der Waals surface area contributed by atoms with Crippen molar-refractivity contribution >= 4 is 17.5 Å². The zero-order chi connectivity index (χ0) is 19.5. The van der Waals surface area contributed by atoms with Gasteiger partial charge in [0.2, 0.25) is 0 Å². The predicted octanol–water partition coefficient (Wildman–Crippen LogP) is 4.78. The van der Waals surface area contributed by atoms with Crippen LogP contribution in [0.25, 0.3) is 0 Å². The van der Waals surface area contributed by atoms with Gasteiger partial charge in [-0.1, -0.05) is 29.8 Å². The van der Waals surface area contributed by atoms with E-state index in [0.717, 1.165) is 18.7 Å². The molecule has 144 valence electrons. The molecule has 2 aromatic carbocycles. The highest BCUT2D eigenvalue weighted by Crippen LogP contribution is 2.30. The summed E-state index contributed by atoms with van der Waals surface area (Å²) in [6.07, 6.45) is 5.81. The molecule has 0 aliphatic heterocycles. The summed E-state index contributed by atoms with van der Waals surface area (Å²) < 4.78 is 15.9. The smallest absolute Gasteiger partial charge is 0.254 e. The summed E-state index contributed by atoms with van der Waals surface area (Å²) in [4.78, 5) is 19.3. The zero-order valence-electron chi connectivity index (χ0n) is 15.4. The van der Waals surface area contributed by atoms with Crippen LogP contribution in [-0.4, -0.2) is 26.9 Å². The van der Waals surface area contributed by atoms with Gasteiger partial charge in [-0.2, -0.15) is 0 Å². The number of halogens is 2. The van der Waals surface area contributed by atoms with Gasteiger partial charge < -0.3 is 9.47 Å². The lowest BCUT2D eigenvalue weighted by Crippen LogP contribution is -2.33. The van der Waals surface area contributed by atoms with E-state index in [2.05, 4.69) is 4.98 Å². The first kappa shape index (κ1) is 18.7. The standard InChI is InChI=1S/C22H21ClFN3O/c23-19-9-7-17(8-10-19)22(28)27(13-16-5-6-16)15-21-25-11-12-26(21)14-18-3-1-2-4-20(18)24/h1-4,7-12,16H,5-6,13-15H2. The molecule has 4 nitrogen and oxygen atoms in total. The molecule has 6 heteroatoms. The lowest BCUT2D eigenvalue weighted by Gasteiger charge is -2.23. The van der Waals surface area contributed by atoms with E-state index >= 15 is 0 Å². The van der Waals surface area contributed by atoms with Gasteiger partial charge in [0.05, 0.1) is 13.1 Å². The fraction of sp³-hybridized carbons (Fsp3) is 0.273. The average molecular weight is 398 g/mol. The van der Waals surface area contributed by atoms with Gasteiger partial charge in [0.25, 0.3) is 5.91 Å². The van der Waals surface area contributed by atoms with Gasteiger partial charge in [0.1, 0.15) is 11.6 Å².